The lowest BCUT2D eigenvalue weighted by Crippen LogP contribution is -2.34. The predicted octanol–water partition coefficient (Wildman–Crippen LogP) is 1.26. The van der Waals surface area contributed by atoms with Gasteiger partial charge in [0.1, 0.15) is 4.88 Å². The van der Waals surface area contributed by atoms with Gasteiger partial charge in [-0.05, 0) is 33.2 Å². The molecule has 1 aliphatic rings. The molecular formula is C14H24N4O2S. The van der Waals surface area contributed by atoms with Crippen molar-refractivity contribution in [2.24, 2.45) is 0 Å². The number of aromatic nitrogens is 1. The number of carbonyl (C=O) groups is 1. The summed E-state index contributed by atoms with van der Waals surface area (Å²) >= 11 is 1.23. The van der Waals surface area contributed by atoms with Crippen LogP contribution in [0.4, 0.5) is 5.13 Å². The Kier molecular flexibility index (Phi) is 5.96. The minimum absolute atomic E-state index is 0.0963. The maximum absolute atomic E-state index is 11.9. The molecule has 0 atom stereocenters. The summed E-state index contributed by atoms with van der Waals surface area (Å²) in [5.74, 6) is -0.0963. The average Bonchev–Trinajstić information content (AvgIpc) is 2.79. The normalized spacial score (nSPS) is 17.0. The second-order valence-electron chi connectivity index (χ2n) is 5.45. The number of nitrogens with one attached hydrogen (secondary N) is 1. The first-order valence-electron chi connectivity index (χ1n) is 7.37. The number of ether oxygens (including phenoxy) is 1. The average molecular weight is 312 g/mol. The van der Waals surface area contributed by atoms with Crippen molar-refractivity contribution in [2.75, 3.05) is 39.0 Å². The van der Waals surface area contributed by atoms with E-state index in [1.54, 1.807) is 6.92 Å². The molecule has 2 rings (SSSR count). The number of hydrogen-bond donors (Lipinski definition) is 2. The number of aryl methyl sites for hydroxylation is 1. The fourth-order valence-corrected chi connectivity index (χ4v) is 3.13. The smallest absolute Gasteiger partial charge is 0.263 e. The van der Waals surface area contributed by atoms with Gasteiger partial charge >= 0.3 is 0 Å². The van der Waals surface area contributed by atoms with Gasteiger partial charge in [0, 0.05) is 26.2 Å². The van der Waals surface area contributed by atoms with E-state index in [4.69, 9.17) is 10.5 Å². The van der Waals surface area contributed by atoms with Crippen LogP contribution in [0, 0.1) is 6.92 Å². The molecule has 3 N–H and O–H groups in total. The van der Waals surface area contributed by atoms with Gasteiger partial charge < -0.3 is 20.7 Å². The minimum atomic E-state index is -0.0963. The molecular weight excluding hydrogens is 288 g/mol. The van der Waals surface area contributed by atoms with Crippen molar-refractivity contribution in [3.8, 4) is 0 Å². The van der Waals surface area contributed by atoms with Crippen molar-refractivity contribution in [1.29, 1.82) is 0 Å². The highest BCUT2D eigenvalue weighted by atomic mass is 32.1. The van der Waals surface area contributed by atoms with Crippen LogP contribution in [0.1, 0.15) is 34.6 Å². The Labute approximate surface area is 129 Å². The molecule has 7 heteroatoms. The van der Waals surface area contributed by atoms with Crippen LogP contribution in [-0.4, -0.2) is 55.2 Å². The summed E-state index contributed by atoms with van der Waals surface area (Å²) in [6.45, 7) is 5.31. The number of likely N-dealkylation sites (tertiary alicyclic amines) is 1. The highest BCUT2D eigenvalue weighted by Crippen LogP contribution is 2.19. The Morgan fingerprint density at radius 3 is 2.86 bits per heavy atom. The molecule has 1 aliphatic heterocycles. The van der Waals surface area contributed by atoms with Gasteiger partial charge in [0.05, 0.1) is 11.8 Å². The van der Waals surface area contributed by atoms with Crippen LogP contribution in [0.15, 0.2) is 0 Å². The van der Waals surface area contributed by atoms with Gasteiger partial charge in [-0.25, -0.2) is 4.98 Å². The Hall–Kier alpha value is -1.18. The summed E-state index contributed by atoms with van der Waals surface area (Å²) in [5.41, 5.74) is 6.28. The quantitative estimate of drug-likeness (QED) is 0.773. The van der Waals surface area contributed by atoms with Crippen molar-refractivity contribution in [3.63, 3.8) is 0 Å². The Morgan fingerprint density at radius 2 is 2.24 bits per heavy atom. The zero-order valence-corrected chi connectivity index (χ0v) is 13.5. The Morgan fingerprint density at radius 1 is 1.52 bits per heavy atom. The minimum Gasteiger partial charge on any atom is -0.378 e. The van der Waals surface area contributed by atoms with E-state index >= 15 is 0 Å². The molecule has 0 bridgehead atoms. The van der Waals surface area contributed by atoms with Gasteiger partial charge in [-0.15, -0.1) is 0 Å². The van der Waals surface area contributed by atoms with Gasteiger partial charge in [0.2, 0.25) is 0 Å². The first-order valence-corrected chi connectivity index (χ1v) is 8.19. The fourth-order valence-electron chi connectivity index (χ4n) is 2.38. The fraction of sp³-hybridized carbons (Fsp3) is 0.714. The molecule has 1 aromatic heterocycles. The van der Waals surface area contributed by atoms with Crippen molar-refractivity contribution in [1.82, 2.24) is 15.2 Å². The largest absolute Gasteiger partial charge is 0.378 e. The highest BCUT2D eigenvalue weighted by Gasteiger charge is 2.17. The van der Waals surface area contributed by atoms with Crippen LogP contribution >= 0.6 is 11.3 Å². The Bertz CT molecular complexity index is 470. The zero-order chi connectivity index (χ0) is 15.2. The van der Waals surface area contributed by atoms with Gasteiger partial charge in [-0.2, -0.15) is 0 Å². The Balaban J connectivity index is 1.59. The summed E-state index contributed by atoms with van der Waals surface area (Å²) < 4.78 is 5.84. The molecule has 118 valence electrons. The van der Waals surface area contributed by atoms with Crippen molar-refractivity contribution < 1.29 is 9.53 Å². The van der Waals surface area contributed by atoms with E-state index in [2.05, 4.69) is 22.2 Å². The number of piperidine rings is 1. The third-order valence-corrected chi connectivity index (χ3v) is 4.63. The van der Waals surface area contributed by atoms with Gasteiger partial charge in [-0.1, -0.05) is 11.3 Å². The molecule has 1 saturated heterocycles. The van der Waals surface area contributed by atoms with E-state index in [1.165, 1.54) is 11.3 Å². The molecule has 0 saturated carbocycles. The van der Waals surface area contributed by atoms with E-state index in [-0.39, 0.29) is 5.91 Å². The van der Waals surface area contributed by atoms with Crippen molar-refractivity contribution >= 4 is 22.4 Å². The van der Waals surface area contributed by atoms with Gasteiger partial charge in [-0.3, -0.25) is 4.79 Å². The van der Waals surface area contributed by atoms with Gasteiger partial charge in [0.25, 0.3) is 5.91 Å². The van der Waals surface area contributed by atoms with E-state index < -0.39 is 0 Å². The van der Waals surface area contributed by atoms with Crippen LogP contribution in [-0.2, 0) is 4.74 Å². The van der Waals surface area contributed by atoms with E-state index in [0.29, 0.717) is 35.0 Å². The van der Waals surface area contributed by atoms with Crippen LogP contribution in [0.25, 0.3) is 0 Å². The first-order chi connectivity index (χ1) is 10.1. The lowest BCUT2D eigenvalue weighted by Gasteiger charge is -2.28. The van der Waals surface area contributed by atoms with Crippen LogP contribution < -0.4 is 11.1 Å². The lowest BCUT2D eigenvalue weighted by molar-refractivity contribution is 0.0117. The number of nitrogen functional groups attached to an aromatic ring is 1. The van der Waals surface area contributed by atoms with Crippen molar-refractivity contribution in [3.05, 3.63) is 10.6 Å². The molecule has 0 aromatic carbocycles. The van der Waals surface area contributed by atoms with Gasteiger partial charge in [0.15, 0.2) is 5.13 Å². The molecule has 1 fully saturated rings. The maximum atomic E-state index is 11.9. The number of nitrogens with zero attached hydrogens (tertiary/aromatic N) is 2. The number of hydrogen-bond acceptors (Lipinski definition) is 6. The molecule has 1 aromatic rings. The van der Waals surface area contributed by atoms with E-state index in [1.807, 2.05) is 0 Å². The topological polar surface area (TPSA) is 80.5 Å². The second kappa shape index (κ2) is 7.72. The zero-order valence-electron chi connectivity index (χ0n) is 12.7. The molecule has 21 heavy (non-hydrogen) atoms. The van der Waals surface area contributed by atoms with Crippen molar-refractivity contribution in [2.45, 2.75) is 32.3 Å². The van der Waals surface area contributed by atoms with Crippen LogP contribution in [0.5, 0.6) is 0 Å². The molecule has 2 heterocycles. The first kappa shape index (κ1) is 16.2. The summed E-state index contributed by atoms with van der Waals surface area (Å²) in [7, 11) is 2.14. The summed E-state index contributed by atoms with van der Waals surface area (Å²) in [6.07, 6.45) is 3.40. The molecule has 6 nitrogen and oxygen atoms in total. The number of amides is 1. The molecule has 0 spiro atoms. The second-order valence-corrected chi connectivity index (χ2v) is 6.48. The third kappa shape index (κ3) is 4.94. The number of nitrogens with two attached hydrogens (primary N) is 1. The van der Waals surface area contributed by atoms with E-state index in [0.717, 1.165) is 32.4 Å². The molecule has 1 amide bonds. The standard InChI is InChI=1S/C14H24N4O2S/c1-10-12(21-14(15)17-10)13(19)16-6-3-9-20-11-4-7-18(2)8-5-11/h11H,3-9H2,1-2H3,(H2,15,17)(H,16,19). The highest BCUT2D eigenvalue weighted by molar-refractivity contribution is 7.17. The summed E-state index contributed by atoms with van der Waals surface area (Å²) in [4.78, 5) is 18.9. The van der Waals surface area contributed by atoms with E-state index in [9.17, 15) is 4.79 Å². The SMILES string of the molecule is Cc1nc(N)sc1C(=O)NCCCOC1CCN(C)CC1. The van der Waals surface area contributed by atoms with Crippen LogP contribution in [0.3, 0.4) is 0 Å². The molecule has 0 unspecified atom stereocenters. The summed E-state index contributed by atoms with van der Waals surface area (Å²) in [6, 6.07) is 0. The monoisotopic (exact) mass is 312 g/mol. The molecule has 0 aliphatic carbocycles. The number of anilines is 1. The maximum Gasteiger partial charge on any atom is 0.263 e. The lowest BCUT2D eigenvalue weighted by atomic mass is 10.1. The van der Waals surface area contributed by atoms with Crippen LogP contribution in [0.2, 0.25) is 0 Å². The number of thiazole rings is 1. The number of rotatable bonds is 6. The third-order valence-electron chi connectivity index (χ3n) is 3.65. The number of carbonyl (C=O) groups excluding carboxylic acids is 1. The summed E-state index contributed by atoms with van der Waals surface area (Å²) in [5, 5.41) is 3.32. The molecule has 0 radical (unpaired) electrons. The predicted molar refractivity (Wildman–Crippen MR) is 84.7 cm³/mol.